The van der Waals surface area contributed by atoms with E-state index in [2.05, 4.69) is 10.6 Å². The van der Waals surface area contributed by atoms with Crippen molar-refractivity contribution < 1.29 is 14.3 Å². The fourth-order valence-corrected chi connectivity index (χ4v) is 2.17. The van der Waals surface area contributed by atoms with E-state index in [0.717, 1.165) is 18.4 Å². The van der Waals surface area contributed by atoms with E-state index in [4.69, 9.17) is 4.74 Å². The molecule has 0 aromatic heterocycles. The van der Waals surface area contributed by atoms with Crippen molar-refractivity contribution in [1.82, 2.24) is 10.6 Å². The number of ether oxygens (including phenoxy) is 1. The van der Waals surface area contributed by atoms with Crippen LogP contribution in [0, 0.1) is 6.92 Å². The lowest BCUT2D eigenvalue weighted by Crippen LogP contribution is -2.46. The monoisotopic (exact) mass is 276 g/mol. The second kappa shape index (κ2) is 6.93. The molecule has 1 aromatic rings. The SMILES string of the molecule is Cc1cccc(OCC(=O)N[C@@H]2CCCCNC2=O)c1. The smallest absolute Gasteiger partial charge is 0.258 e. The van der Waals surface area contributed by atoms with E-state index in [1.54, 1.807) is 6.07 Å². The summed E-state index contributed by atoms with van der Waals surface area (Å²) in [7, 11) is 0. The van der Waals surface area contributed by atoms with Crippen molar-refractivity contribution in [3.8, 4) is 5.75 Å². The van der Waals surface area contributed by atoms with Gasteiger partial charge >= 0.3 is 0 Å². The topological polar surface area (TPSA) is 67.4 Å². The van der Waals surface area contributed by atoms with Gasteiger partial charge in [-0.25, -0.2) is 0 Å². The van der Waals surface area contributed by atoms with Crippen LogP contribution in [-0.4, -0.2) is 31.0 Å². The molecular weight excluding hydrogens is 256 g/mol. The highest BCUT2D eigenvalue weighted by Gasteiger charge is 2.22. The van der Waals surface area contributed by atoms with E-state index in [1.165, 1.54) is 0 Å². The first-order chi connectivity index (χ1) is 9.65. The Labute approximate surface area is 118 Å². The Morgan fingerprint density at radius 1 is 1.45 bits per heavy atom. The van der Waals surface area contributed by atoms with Crippen LogP contribution >= 0.6 is 0 Å². The van der Waals surface area contributed by atoms with Crippen LogP contribution in [0.3, 0.4) is 0 Å². The molecule has 5 heteroatoms. The molecular formula is C15H20N2O3. The standard InChI is InChI=1S/C15H20N2O3/c1-11-5-4-6-12(9-11)20-10-14(18)17-13-7-2-3-8-16-15(13)19/h4-6,9,13H,2-3,7-8,10H2,1H3,(H,16,19)(H,17,18)/t13-/m1/s1. The maximum atomic E-state index is 11.8. The van der Waals surface area contributed by atoms with Gasteiger partial charge in [0, 0.05) is 6.54 Å². The molecule has 1 aliphatic heterocycles. The predicted octanol–water partition coefficient (Wildman–Crippen LogP) is 1.16. The van der Waals surface area contributed by atoms with Gasteiger partial charge in [-0.05, 0) is 43.9 Å². The minimum absolute atomic E-state index is 0.0762. The van der Waals surface area contributed by atoms with Crippen molar-refractivity contribution in [2.75, 3.05) is 13.2 Å². The van der Waals surface area contributed by atoms with E-state index in [-0.39, 0.29) is 18.4 Å². The van der Waals surface area contributed by atoms with Crippen LogP contribution in [-0.2, 0) is 9.59 Å². The summed E-state index contributed by atoms with van der Waals surface area (Å²) in [6.45, 7) is 2.57. The predicted molar refractivity (Wildman–Crippen MR) is 75.5 cm³/mol. The summed E-state index contributed by atoms with van der Waals surface area (Å²) in [5.41, 5.74) is 1.08. The lowest BCUT2D eigenvalue weighted by Gasteiger charge is -2.15. The minimum atomic E-state index is -0.439. The minimum Gasteiger partial charge on any atom is -0.484 e. The molecule has 2 N–H and O–H groups in total. The number of aryl methyl sites for hydroxylation is 1. The number of nitrogens with one attached hydrogen (secondary N) is 2. The molecule has 1 aliphatic rings. The average Bonchev–Trinajstić information content (AvgIpc) is 2.62. The van der Waals surface area contributed by atoms with Crippen LogP contribution < -0.4 is 15.4 Å². The van der Waals surface area contributed by atoms with E-state index in [9.17, 15) is 9.59 Å². The fourth-order valence-electron chi connectivity index (χ4n) is 2.17. The molecule has 1 saturated heterocycles. The Morgan fingerprint density at radius 3 is 3.10 bits per heavy atom. The number of amides is 2. The van der Waals surface area contributed by atoms with Crippen LogP contribution in [0.15, 0.2) is 24.3 Å². The number of hydrogen-bond donors (Lipinski definition) is 2. The van der Waals surface area contributed by atoms with Crippen LogP contribution in [0.5, 0.6) is 5.75 Å². The highest BCUT2D eigenvalue weighted by molar-refractivity contribution is 5.88. The Hall–Kier alpha value is -2.04. The first-order valence-corrected chi connectivity index (χ1v) is 6.92. The lowest BCUT2D eigenvalue weighted by atomic mass is 10.1. The van der Waals surface area contributed by atoms with Gasteiger partial charge in [-0.1, -0.05) is 12.1 Å². The number of hydrogen-bond acceptors (Lipinski definition) is 3. The van der Waals surface area contributed by atoms with E-state index in [1.807, 2.05) is 25.1 Å². The molecule has 1 heterocycles. The van der Waals surface area contributed by atoms with Crippen LogP contribution in [0.25, 0.3) is 0 Å². The second-order valence-electron chi connectivity index (χ2n) is 5.01. The molecule has 108 valence electrons. The normalized spacial score (nSPS) is 18.9. The maximum absolute atomic E-state index is 11.8. The van der Waals surface area contributed by atoms with Crippen LogP contribution in [0.1, 0.15) is 24.8 Å². The Morgan fingerprint density at radius 2 is 2.30 bits per heavy atom. The van der Waals surface area contributed by atoms with Crippen LogP contribution in [0.4, 0.5) is 0 Å². The van der Waals surface area contributed by atoms with Crippen molar-refractivity contribution in [1.29, 1.82) is 0 Å². The van der Waals surface area contributed by atoms with Gasteiger partial charge in [0.15, 0.2) is 6.61 Å². The van der Waals surface area contributed by atoms with Crippen molar-refractivity contribution in [2.24, 2.45) is 0 Å². The molecule has 0 aliphatic carbocycles. The summed E-state index contributed by atoms with van der Waals surface area (Å²) >= 11 is 0. The van der Waals surface area contributed by atoms with Gasteiger partial charge < -0.3 is 15.4 Å². The molecule has 0 spiro atoms. The zero-order valence-electron chi connectivity index (χ0n) is 11.6. The van der Waals surface area contributed by atoms with Crippen LogP contribution in [0.2, 0.25) is 0 Å². The Bertz CT molecular complexity index is 488. The third kappa shape index (κ3) is 4.26. The van der Waals surface area contributed by atoms with E-state index >= 15 is 0 Å². The quantitative estimate of drug-likeness (QED) is 0.867. The van der Waals surface area contributed by atoms with Gasteiger partial charge in [0.1, 0.15) is 11.8 Å². The molecule has 5 nitrogen and oxygen atoms in total. The summed E-state index contributed by atoms with van der Waals surface area (Å²) in [4.78, 5) is 23.5. The summed E-state index contributed by atoms with van der Waals surface area (Å²) in [5.74, 6) is 0.283. The summed E-state index contributed by atoms with van der Waals surface area (Å²) in [5, 5.41) is 5.50. The fraction of sp³-hybridized carbons (Fsp3) is 0.467. The molecule has 0 radical (unpaired) electrons. The number of carbonyl (C=O) groups excluding carboxylic acids is 2. The highest BCUT2D eigenvalue weighted by atomic mass is 16.5. The van der Waals surface area contributed by atoms with E-state index in [0.29, 0.717) is 18.7 Å². The van der Waals surface area contributed by atoms with E-state index < -0.39 is 6.04 Å². The largest absolute Gasteiger partial charge is 0.484 e. The maximum Gasteiger partial charge on any atom is 0.258 e. The Kier molecular flexibility index (Phi) is 4.98. The first-order valence-electron chi connectivity index (χ1n) is 6.92. The van der Waals surface area contributed by atoms with Crippen molar-refractivity contribution in [3.63, 3.8) is 0 Å². The lowest BCUT2D eigenvalue weighted by molar-refractivity contribution is -0.129. The first kappa shape index (κ1) is 14.4. The zero-order chi connectivity index (χ0) is 14.4. The van der Waals surface area contributed by atoms with Gasteiger partial charge in [-0.3, -0.25) is 9.59 Å². The molecule has 0 saturated carbocycles. The summed E-state index contributed by atoms with van der Waals surface area (Å²) in [6, 6.07) is 7.07. The molecule has 1 fully saturated rings. The molecule has 2 rings (SSSR count). The molecule has 0 unspecified atom stereocenters. The number of benzene rings is 1. The Balaban J connectivity index is 1.81. The van der Waals surface area contributed by atoms with Crippen molar-refractivity contribution >= 4 is 11.8 Å². The number of carbonyl (C=O) groups is 2. The summed E-state index contributed by atoms with van der Waals surface area (Å²) in [6.07, 6.45) is 2.57. The van der Waals surface area contributed by atoms with Gasteiger partial charge in [0.25, 0.3) is 5.91 Å². The number of rotatable bonds is 4. The van der Waals surface area contributed by atoms with Gasteiger partial charge in [0.2, 0.25) is 5.91 Å². The van der Waals surface area contributed by atoms with Gasteiger partial charge in [-0.15, -0.1) is 0 Å². The highest BCUT2D eigenvalue weighted by Crippen LogP contribution is 2.12. The molecule has 1 aromatic carbocycles. The van der Waals surface area contributed by atoms with Gasteiger partial charge in [0.05, 0.1) is 0 Å². The molecule has 0 bridgehead atoms. The third-order valence-corrected chi connectivity index (χ3v) is 3.23. The van der Waals surface area contributed by atoms with Gasteiger partial charge in [-0.2, -0.15) is 0 Å². The van der Waals surface area contributed by atoms with Crippen molar-refractivity contribution in [3.05, 3.63) is 29.8 Å². The summed E-state index contributed by atoms with van der Waals surface area (Å²) < 4.78 is 5.41. The zero-order valence-corrected chi connectivity index (χ0v) is 11.6. The second-order valence-corrected chi connectivity index (χ2v) is 5.01. The average molecular weight is 276 g/mol. The molecule has 2 amide bonds. The van der Waals surface area contributed by atoms with Crippen molar-refractivity contribution in [2.45, 2.75) is 32.2 Å². The molecule has 20 heavy (non-hydrogen) atoms. The third-order valence-electron chi connectivity index (χ3n) is 3.23. The molecule has 1 atom stereocenters.